The standard InChI is InChI=1S/C16H19NO3/c1-5-20-15-7-9(2)12(6-10(15)3)14-8-13(16(18)19)11(4)17-14/h6-8,17H,5H2,1-4H3,(H,18,19). The van der Waals surface area contributed by atoms with Crippen LogP contribution in [0.25, 0.3) is 11.3 Å². The Morgan fingerprint density at radius 1 is 1.20 bits per heavy atom. The van der Waals surface area contributed by atoms with Crippen molar-refractivity contribution >= 4 is 5.97 Å². The van der Waals surface area contributed by atoms with Crippen molar-refractivity contribution in [2.24, 2.45) is 0 Å². The monoisotopic (exact) mass is 273 g/mol. The minimum absolute atomic E-state index is 0.311. The second-order valence-corrected chi connectivity index (χ2v) is 4.89. The van der Waals surface area contributed by atoms with Gasteiger partial charge in [0.05, 0.1) is 12.2 Å². The molecular weight excluding hydrogens is 254 g/mol. The largest absolute Gasteiger partial charge is 0.494 e. The van der Waals surface area contributed by atoms with Gasteiger partial charge in [-0.05, 0) is 57.0 Å². The van der Waals surface area contributed by atoms with Crippen molar-refractivity contribution in [3.05, 3.63) is 40.6 Å². The van der Waals surface area contributed by atoms with Gasteiger partial charge in [0.15, 0.2) is 0 Å². The molecule has 0 aliphatic carbocycles. The van der Waals surface area contributed by atoms with E-state index >= 15 is 0 Å². The molecule has 2 rings (SSSR count). The molecule has 0 saturated carbocycles. The number of carboxylic acid groups (broad SMARTS) is 1. The zero-order valence-corrected chi connectivity index (χ0v) is 12.2. The lowest BCUT2D eigenvalue weighted by Gasteiger charge is -2.11. The molecule has 1 aromatic heterocycles. The number of aromatic nitrogens is 1. The van der Waals surface area contributed by atoms with Gasteiger partial charge >= 0.3 is 5.97 Å². The van der Waals surface area contributed by atoms with E-state index in [2.05, 4.69) is 4.98 Å². The van der Waals surface area contributed by atoms with E-state index in [4.69, 9.17) is 9.84 Å². The number of carboxylic acids is 1. The van der Waals surface area contributed by atoms with Crippen LogP contribution in [0.15, 0.2) is 18.2 Å². The van der Waals surface area contributed by atoms with Crippen molar-refractivity contribution in [1.82, 2.24) is 4.98 Å². The first-order chi connectivity index (χ1) is 9.43. The van der Waals surface area contributed by atoms with E-state index in [0.29, 0.717) is 17.9 Å². The summed E-state index contributed by atoms with van der Waals surface area (Å²) in [5.74, 6) is -0.0409. The van der Waals surface area contributed by atoms with Crippen LogP contribution in [0.2, 0.25) is 0 Å². The Balaban J connectivity index is 2.50. The number of hydrogen-bond donors (Lipinski definition) is 2. The summed E-state index contributed by atoms with van der Waals surface area (Å²) in [5, 5.41) is 9.12. The molecule has 1 aromatic carbocycles. The lowest BCUT2D eigenvalue weighted by atomic mass is 10.0. The molecule has 2 aromatic rings. The molecule has 0 fully saturated rings. The maximum Gasteiger partial charge on any atom is 0.337 e. The van der Waals surface area contributed by atoms with Crippen molar-refractivity contribution in [2.45, 2.75) is 27.7 Å². The number of benzene rings is 1. The molecular formula is C16H19NO3. The maximum absolute atomic E-state index is 11.1. The van der Waals surface area contributed by atoms with Crippen molar-refractivity contribution in [1.29, 1.82) is 0 Å². The number of carbonyl (C=O) groups is 1. The summed E-state index contributed by atoms with van der Waals surface area (Å²) < 4.78 is 5.57. The first-order valence-corrected chi connectivity index (χ1v) is 6.61. The molecule has 0 spiro atoms. The van der Waals surface area contributed by atoms with E-state index in [1.165, 1.54) is 0 Å². The Labute approximate surface area is 118 Å². The van der Waals surface area contributed by atoms with Crippen LogP contribution in [-0.2, 0) is 0 Å². The molecule has 4 heteroatoms. The third-order valence-corrected chi connectivity index (χ3v) is 3.36. The Bertz CT molecular complexity index is 656. The number of H-pyrrole nitrogens is 1. The third-order valence-electron chi connectivity index (χ3n) is 3.36. The average Bonchev–Trinajstić information content (AvgIpc) is 2.76. The van der Waals surface area contributed by atoms with Crippen molar-refractivity contribution in [2.75, 3.05) is 6.61 Å². The second-order valence-electron chi connectivity index (χ2n) is 4.89. The summed E-state index contributed by atoms with van der Waals surface area (Å²) in [6, 6.07) is 5.70. The van der Waals surface area contributed by atoms with E-state index < -0.39 is 5.97 Å². The van der Waals surface area contributed by atoms with Crippen LogP contribution in [0.3, 0.4) is 0 Å². The van der Waals surface area contributed by atoms with Gasteiger partial charge in [0.25, 0.3) is 0 Å². The Morgan fingerprint density at radius 3 is 2.45 bits per heavy atom. The van der Waals surface area contributed by atoms with E-state index in [-0.39, 0.29) is 0 Å². The van der Waals surface area contributed by atoms with Gasteiger partial charge in [-0.1, -0.05) is 0 Å². The lowest BCUT2D eigenvalue weighted by Crippen LogP contribution is -1.96. The Morgan fingerprint density at radius 2 is 1.90 bits per heavy atom. The number of nitrogens with one attached hydrogen (secondary N) is 1. The molecule has 2 N–H and O–H groups in total. The molecule has 0 radical (unpaired) electrons. The molecule has 0 aliphatic heterocycles. The molecule has 0 amide bonds. The molecule has 0 aliphatic rings. The number of ether oxygens (including phenoxy) is 1. The van der Waals surface area contributed by atoms with E-state index in [1.807, 2.05) is 32.9 Å². The summed E-state index contributed by atoms with van der Waals surface area (Å²) in [6.07, 6.45) is 0. The van der Waals surface area contributed by atoms with Crippen molar-refractivity contribution in [3.8, 4) is 17.0 Å². The zero-order chi connectivity index (χ0) is 14.9. The van der Waals surface area contributed by atoms with Crippen molar-refractivity contribution in [3.63, 3.8) is 0 Å². The van der Waals surface area contributed by atoms with E-state index in [1.54, 1.807) is 13.0 Å². The van der Waals surface area contributed by atoms with E-state index in [9.17, 15) is 4.79 Å². The molecule has 20 heavy (non-hydrogen) atoms. The topological polar surface area (TPSA) is 62.3 Å². The molecule has 1 heterocycles. The third kappa shape index (κ3) is 2.54. The highest BCUT2D eigenvalue weighted by Crippen LogP contribution is 2.30. The van der Waals surface area contributed by atoms with Crippen LogP contribution < -0.4 is 4.74 Å². The normalized spacial score (nSPS) is 10.6. The van der Waals surface area contributed by atoms with Gasteiger partial charge in [-0.2, -0.15) is 0 Å². The Hall–Kier alpha value is -2.23. The SMILES string of the molecule is CCOc1cc(C)c(-c2cc(C(=O)O)c(C)[nH]2)cc1C. The molecule has 0 unspecified atom stereocenters. The van der Waals surface area contributed by atoms with Crippen LogP contribution in [0.5, 0.6) is 5.75 Å². The molecule has 106 valence electrons. The molecule has 0 bridgehead atoms. The smallest absolute Gasteiger partial charge is 0.337 e. The van der Waals surface area contributed by atoms with Gasteiger partial charge < -0.3 is 14.8 Å². The van der Waals surface area contributed by atoms with Crippen molar-refractivity contribution < 1.29 is 14.6 Å². The van der Waals surface area contributed by atoms with Gasteiger partial charge in [-0.25, -0.2) is 4.79 Å². The summed E-state index contributed by atoms with van der Waals surface area (Å²) in [6.45, 7) is 8.33. The minimum Gasteiger partial charge on any atom is -0.494 e. The zero-order valence-electron chi connectivity index (χ0n) is 12.2. The van der Waals surface area contributed by atoms with Crippen LogP contribution >= 0.6 is 0 Å². The lowest BCUT2D eigenvalue weighted by molar-refractivity contribution is 0.0696. The predicted octanol–water partition coefficient (Wildman–Crippen LogP) is 3.70. The first kappa shape index (κ1) is 14.2. The first-order valence-electron chi connectivity index (χ1n) is 6.61. The van der Waals surface area contributed by atoms with Crippen LogP contribution in [-0.4, -0.2) is 22.7 Å². The van der Waals surface area contributed by atoms with Crippen LogP contribution in [0.4, 0.5) is 0 Å². The Kier molecular flexibility index (Phi) is 3.84. The number of aromatic amines is 1. The van der Waals surface area contributed by atoms with Gasteiger partial charge in [0, 0.05) is 17.0 Å². The summed E-state index contributed by atoms with van der Waals surface area (Å²) >= 11 is 0. The number of rotatable bonds is 4. The average molecular weight is 273 g/mol. The van der Waals surface area contributed by atoms with Gasteiger partial charge in [0.1, 0.15) is 5.75 Å². The number of hydrogen-bond acceptors (Lipinski definition) is 2. The molecule has 0 atom stereocenters. The fourth-order valence-electron chi connectivity index (χ4n) is 2.32. The minimum atomic E-state index is -0.912. The molecule has 4 nitrogen and oxygen atoms in total. The van der Waals surface area contributed by atoms with Gasteiger partial charge in [-0.15, -0.1) is 0 Å². The number of aryl methyl sites for hydroxylation is 3. The van der Waals surface area contributed by atoms with Crippen LogP contribution in [0.1, 0.15) is 34.1 Å². The van der Waals surface area contributed by atoms with E-state index in [0.717, 1.165) is 28.1 Å². The highest BCUT2D eigenvalue weighted by Gasteiger charge is 2.14. The second kappa shape index (κ2) is 5.41. The van der Waals surface area contributed by atoms with Crippen LogP contribution in [0, 0.1) is 20.8 Å². The highest BCUT2D eigenvalue weighted by molar-refractivity contribution is 5.91. The summed E-state index contributed by atoms with van der Waals surface area (Å²) in [4.78, 5) is 14.3. The highest BCUT2D eigenvalue weighted by atomic mass is 16.5. The summed E-state index contributed by atoms with van der Waals surface area (Å²) in [5.41, 5.74) is 4.89. The van der Waals surface area contributed by atoms with Gasteiger partial charge in [0.2, 0.25) is 0 Å². The molecule has 0 saturated heterocycles. The fraction of sp³-hybridized carbons (Fsp3) is 0.312. The number of aromatic carboxylic acids is 1. The quantitative estimate of drug-likeness (QED) is 0.892. The maximum atomic E-state index is 11.1. The fourth-order valence-corrected chi connectivity index (χ4v) is 2.32. The predicted molar refractivity (Wildman–Crippen MR) is 78.6 cm³/mol. The van der Waals surface area contributed by atoms with Gasteiger partial charge in [-0.3, -0.25) is 0 Å². The summed E-state index contributed by atoms with van der Waals surface area (Å²) in [7, 11) is 0.